The average Bonchev–Trinajstić information content (AvgIpc) is 3.00. The Morgan fingerprint density at radius 3 is 2.83 bits per heavy atom. The molecule has 0 aliphatic carbocycles. The van der Waals surface area contributed by atoms with Crippen LogP contribution in [-0.4, -0.2) is 19.6 Å². The van der Waals surface area contributed by atoms with Gasteiger partial charge in [-0.1, -0.05) is 30.0 Å². The van der Waals surface area contributed by atoms with Crippen molar-refractivity contribution in [2.45, 2.75) is 24.8 Å². The lowest BCUT2D eigenvalue weighted by molar-refractivity contribution is 0.939. The van der Waals surface area contributed by atoms with Gasteiger partial charge in [-0.2, -0.15) is 0 Å². The van der Waals surface area contributed by atoms with E-state index in [1.807, 2.05) is 12.3 Å². The monoisotopic (exact) mass is 320 g/mol. The molecule has 1 aromatic carbocycles. The lowest BCUT2D eigenvalue weighted by atomic mass is 10.1. The number of benzene rings is 1. The molecular formula is C18H16N4S. The molecule has 4 aromatic rings. The molecule has 3 heterocycles. The molecule has 0 unspecified atom stereocenters. The number of hydrogen-bond acceptors (Lipinski definition) is 4. The summed E-state index contributed by atoms with van der Waals surface area (Å²) in [5.74, 6) is 0.829. The minimum Gasteiger partial charge on any atom is -0.270 e. The van der Waals surface area contributed by atoms with E-state index in [0.717, 1.165) is 27.6 Å². The zero-order valence-corrected chi connectivity index (χ0v) is 13.8. The summed E-state index contributed by atoms with van der Waals surface area (Å²) in [5.41, 5.74) is 5.64. The highest BCUT2D eigenvalue weighted by atomic mass is 32.2. The van der Waals surface area contributed by atoms with E-state index < -0.39 is 0 Å². The molecule has 3 aromatic heterocycles. The van der Waals surface area contributed by atoms with Gasteiger partial charge in [-0.3, -0.25) is 9.38 Å². The maximum absolute atomic E-state index is 4.41. The molecule has 0 atom stereocenters. The average molecular weight is 320 g/mol. The van der Waals surface area contributed by atoms with Crippen LogP contribution in [0, 0.1) is 13.8 Å². The topological polar surface area (TPSA) is 43.1 Å². The van der Waals surface area contributed by atoms with Gasteiger partial charge < -0.3 is 0 Å². The van der Waals surface area contributed by atoms with Crippen LogP contribution in [-0.2, 0) is 5.75 Å². The van der Waals surface area contributed by atoms with Gasteiger partial charge in [-0.25, -0.2) is 0 Å². The molecule has 0 saturated carbocycles. The van der Waals surface area contributed by atoms with Crippen molar-refractivity contribution in [3.05, 3.63) is 65.5 Å². The van der Waals surface area contributed by atoms with E-state index >= 15 is 0 Å². The van der Waals surface area contributed by atoms with Gasteiger partial charge in [0.25, 0.3) is 0 Å². The molecule has 4 nitrogen and oxygen atoms in total. The van der Waals surface area contributed by atoms with Crippen molar-refractivity contribution in [2.75, 3.05) is 0 Å². The van der Waals surface area contributed by atoms with Gasteiger partial charge in [0.05, 0.1) is 5.52 Å². The van der Waals surface area contributed by atoms with Crippen molar-refractivity contribution in [1.82, 2.24) is 19.6 Å². The lowest BCUT2D eigenvalue weighted by Crippen LogP contribution is -1.94. The molecule has 0 N–H and O–H groups in total. The smallest absolute Gasteiger partial charge is 0.196 e. The highest BCUT2D eigenvalue weighted by Crippen LogP contribution is 2.27. The summed E-state index contributed by atoms with van der Waals surface area (Å²) in [5, 5.41) is 10.9. The van der Waals surface area contributed by atoms with Crippen LogP contribution in [0.25, 0.3) is 16.6 Å². The van der Waals surface area contributed by atoms with Crippen LogP contribution in [0.5, 0.6) is 0 Å². The van der Waals surface area contributed by atoms with Crippen LogP contribution in [0.4, 0.5) is 0 Å². The molecule has 5 heteroatoms. The van der Waals surface area contributed by atoms with Crippen molar-refractivity contribution in [3.63, 3.8) is 0 Å². The maximum Gasteiger partial charge on any atom is 0.196 e. The Kier molecular flexibility index (Phi) is 3.50. The Balaban J connectivity index is 1.83. The van der Waals surface area contributed by atoms with Gasteiger partial charge in [0.2, 0.25) is 0 Å². The third kappa shape index (κ3) is 2.57. The second kappa shape index (κ2) is 5.66. The van der Waals surface area contributed by atoms with E-state index in [0.29, 0.717) is 0 Å². The van der Waals surface area contributed by atoms with E-state index in [2.05, 4.69) is 63.8 Å². The molecule has 0 saturated heterocycles. The minimum absolute atomic E-state index is 0.829. The van der Waals surface area contributed by atoms with Gasteiger partial charge in [-0.05, 0) is 54.1 Å². The van der Waals surface area contributed by atoms with Crippen LogP contribution in [0.3, 0.4) is 0 Å². The zero-order chi connectivity index (χ0) is 15.8. The number of hydrogen-bond donors (Lipinski definition) is 0. The van der Waals surface area contributed by atoms with E-state index in [1.165, 1.54) is 16.5 Å². The third-order valence-electron chi connectivity index (χ3n) is 3.88. The SMILES string of the molecule is Cc1ccc2cc(C)c3nnc(SCc4cccnc4)n3c2c1. The summed E-state index contributed by atoms with van der Waals surface area (Å²) < 4.78 is 2.17. The standard InChI is InChI=1S/C18H16N4S/c1-12-5-6-15-9-13(2)17-20-21-18(22(17)16(15)8-12)23-11-14-4-3-7-19-10-14/h3-10H,11H2,1-2H3. The molecule has 0 amide bonds. The number of pyridine rings is 2. The van der Waals surface area contributed by atoms with E-state index in [-0.39, 0.29) is 0 Å². The Hall–Kier alpha value is -2.40. The van der Waals surface area contributed by atoms with Crippen LogP contribution >= 0.6 is 11.8 Å². The number of aromatic nitrogens is 4. The molecule has 23 heavy (non-hydrogen) atoms. The van der Waals surface area contributed by atoms with Crippen LogP contribution in [0.1, 0.15) is 16.7 Å². The highest BCUT2D eigenvalue weighted by Gasteiger charge is 2.12. The second-order valence-corrected chi connectivity index (χ2v) is 6.62. The molecule has 0 fully saturated rings. The first kappa shape index (κ1) is 14.2. The van der Waals surface area contributed by atoms with Crippen LogP contribution in [0.15, 0.2) is 53.9 Å². The van der Waals surface area contributed by atoms with Crippen molar-refractivity contribution < 1.29 is 0 Å². The van der Waals surface area contributed by atoms with E-state index in [9.17, 15) is 0 Å². The Bertz CT molecular complexity index is 992. The van der Waals surface area contributed by atoms with Crippen LogP contribution < -0.4 is 0 Å². The predicted molar refractivity (Wildman–Crippen MR) is 93.8 cm³/mol. The first-order valence-electron chi connectivity index (χ1n) is 7.49. The summed E-state index contributed by atoms with van der Waals surface area (Å²) in [7, 11) is 0. The Labute approximate surface area is 138 Å². The third-order valence-corrected chi connectivity index (χ3v) is 4.88. The zero-order valence-electron chi connectivity index (χ0n) is 13.0. The van der Waals surface area contributed by atoms with Gasteiger partial charge >= 0.3 is 0 Å². The summed E-state index contributed by atoms with van der Waals surface area (Å²) in [6.07, 6.45) is 3.68. The van der Waals surface area contributed by atoms with Crippen LogP contribution in [0.2, 0.25) is 0 Å². The van der Waals surface area contributed by atoms with E-state index in [4.69, 9.17) is 0 Å². The first-order valence-corrected chi connectivity index (χ1v) is 8.48. The number of rotatable bonds is 3. The summed E-state index contributed by atoms with van der Waals surface area (Å²) in [6, 6.07) is 12.7. The van der Waals surface area contributed by atoms with Crippen molar-refractivity contribution >= 4 is 28.3 Å². The summed E-state index contributed by atoms with van der Waals surface area (Å²) in [6.45, 7) is 4.19. The van der Waals surface area contributed by atoms with Crippen molar-refractivity contribution in [1.29, 1.82) is 0 Å². The second-order valence-electron chi connectivity index (χ2n) is 5.68. The number of thioether (sulfide) groups is 1. The summed E-state index contributed by atoms with van der Waals surface area (Å²) >= 11 is 1.69. The highest BCUT2D eigenvalue weighted by molar-refractivity contribution is 7.98. The largest absolute Gasteiger partial charge is 0.270 e. The van der Waals surface area contributed by atoms with Crippen molar-refractivity contribution in [3.8, 4) is 0 Å². The van der Waals surface area contributed by atoms with E-state index in [1.54, 1.807) is 18.0 Å². The normalized spacial score (nSPS) is 11.4. The molecule has 114 valence electrons. The molecule has 0 bridgehead atoms. The van der Waals surface area contributed by atoms with Gasteiger partial charge in [0.1, 0.15) is 0 Å². The molecular weight excluding hydrogens is 304 g/mol. The van der Waals surface area contributed by atoms with Gasteiger partial charge in [-0.15, -0.1) is 10.2 Å². The minimum atomic E-state index is 0.829. The van der Waals surface area contributed by atoms with Gasteiger partial charge in [0, 0.05) is 18.1 Å². The fraction of sp³-hybridized carbons (Fsp3) is 0.167. The fourth-order valence-corrected chi connectivity index (χ4v) is 3.61. The maximum atomic E-state index is 4.41. The molecule has 4 rings (SSSR count). The number of nitrogens with zero attached hydrogens (tertiary/aromatic N) is 4. The quantitative estimate of drug-likeness (QED) is 0.531. The predicted octanol–water partition coefficient (Wildman–Crippen LogP) is 4.19. The molecule has 0 aliphatic rings. The molecule has 0 radical (unpaired) electrons. The van der Waals surface area contributed by atoms with Gasteiger partial charge in [0.15, 0.2) is 10.8 Å². The fourth-order valence-electron chi connectivity index (χ4n) is 2.73. The lowest BCUT2D eigenvalue weighted by Gasteiger charge is -2.08. The Morgan fingerprint density at radius 1 is 1.09 bits per heavy atom. The Morgan fingerprint density at radius 2 is 2.00 bits per heavy atom. The first-order chi connectivity index (χ1) is 11.2. The summed E-state index contributed by atoms with van der Waals surface area (Å²) in [4.78, 5) is 4.17. The molecule has 0 aliphatic heterocycles. The molecule has 0 spiro atoms. The van der Waals surface area contributed by atoms with Crippen molar-refractivity contribution in [2.24, 2.45) is 0 Å². The number of aryl methyl sites for hydroxylation is 2. The number of fused-ring (bicyclic) bond motifs is 3.